The van der Waals surface area contributed by atoms with E-state index in [2.05, 4.69) is 9.71 Å². The number of aromatic nitrogens is 1. The summed E-state index contributed by atoms with van der Waals surface area (Å²) >= 11 is 0. The molecule has 23 heavy (non-hydrogen) atoms. The minimum Gasteiger partial charge on any atom is -0.408 e. The fourth-order valence-electron chi connectivity index (χ4n) is 3.11. The molecule has 1 heterocycles. The van der Waals surface area contributed by atoms with Crippen LogP contribution in [0.25, 0.3) is 11.1 Å². The highest BCUT2D eigenvalue weighted by molar-refractivity contribution is 7.89. The molecule has 1 aliphatic rings. The predicted octanol–water partition coefficient (Wildman–Crippen LogP) is 1.26. The first-order chi connectivity index (χ1) is 10.8. The highest BCUT2D eigenvalue weighted by atomic mass is 32.2. The third kappa shape index (κ3) is 3.06. The van der Waals surface area contributed by atoms with Crippen molar-refractivity contribution in [1.29, 1.82) is 0 Å². The van der Waals surface area contributed by atoms with Crippen LogP contribution in [0, 0.1) is 12.8 Å². The quantitative estimate of drug-likeness (QED) is 0.758. The van der Waals surface area contributed by atoms with Gasteiger partial charge in [-0.3, -0.25) is 4.98 Å². The molecule has 1 aromatic heterocycles. The van der Waals surface area contributed by atoms with E-state index in [-0.39, 0.29) is 28.5 Å². The molecule has 0 amide bonds. The average molecular weight is 340 g/mol. The topological polar surface area (TPSA) is 112 Å². The highest BCUT2D eigenvalue weighted by Gasteiger charge is 2.35. The van der Waals surface area contributed by atoms with Crippen LogP contribution >= 0.6 is 0 Å². The molecule has 2 aromatic rings. The number of aliphatic hydroxyl groups excluding tert-OH is 1. The summed E-state index contributed by atoms with van der Waals surface area (Å²) in [5, 5.41) is 9.42. The maximum absolute atomic E-state index is 12.7. The summed E-state index contributed by atoms with van der Waals surface area (Å²) in [4.78, 5) is 13.8. The Morgan fingerprint density at radius 3 is 2.74 bits per heavy atom. The summed E-state index contributed by atoms with van der Waals surface area (Å²) in [7, 11) is -3.73. The SMILES string of the molecule is CCC(NS(=O)(=O)c1cc2oc(=O)[nH]c2cc1C)C1CC(O)C1. The van der Waals surface area contributed by atoms with Gasteiger partial charge >= 0.3 is 5.76 Å². The number of nitrogens with one attached hydrogen (secondary N) is 2. The van der Waals surface area contributed by atoms with Gasteiger partial charge in [-0.05, 0) is 43.7 Å². The van der Waals surface area contributed by atoms with Gasteiger partial charge in [0.1, 0.15) is 0 Å². The van der Waals surface area contributed by atoms with E-state index in [1.54, 1.807) is 13.0 Å². The smallest absolute Gasteiger partial charge is 0.408 e. The number of hydrogen-bond acceptors (Lipinski definition) is 5. The molecule has 8 heteroatoms. The van der Waals surface area contributed by atoms with Gasteiger partial charge in [-0.2, -0.15) is 0 Å². The number of oxazole rings is 1. The number of hydrogen-bond donors (Lipinski definition) is 3. The zero-order chi connectivity index (χ0) is 16.8. The molecule has 1 aliphatic carbocycles. The van der Waals surface area contributed by atoms with E-state index in [0.29, 0.717) is 30.3 Å². The van der Waals surface area contributed by atoms with E-state index in [0.717, 1.165) is 0 Å². The normalized spacial score (nSPS) is 22.9. The van der Waals surface area contributed by atoms with E-state index in [1.165, 1.54) is 6.07 Å². The molecule has 126 valence electrons. The molecule has 0 saturated heterocycles. The van der Waals surface area contributed by atoms with E-state index in [9.17, 15) is 18.3 Å². The van der Waals surface area contributed by atoms with Crippen molar-refractivity contribution < 1.29 is 17.9 Å². The summed E-state index contributed by atoms with van der Waals surface area (Å²) in [6.07, 6.45) is 1.56. The number of aromatic amines is 1. The van der Waals surface area contributed by atoms with Crippen molar-refractivity contribution in [3.63, 3.8) is 0 Å². The van der Waals surface area contributed by atoms with Gasteiger partial charge in [0.25, 0.3) is 0 Å². The molecular weight excluding hydrogens is 320 g/mol. The molecule has 1 aromatic carbocycles. The van der Waals surface area contributed by atoms with Crippen LogP contribution < -0.4 is 10.5 Å². The number of rotatable bonds is 5. The van der Waals surface area contributed by atoms with Crippen LogP contribution in [-0.2, 0) is 10.0 Å². The average Bonchev–Trinajstić information content (AvgIpc) is 2.79. The molecule has 3 N–H and O–H groups in total. The van der Waals surface area contributed by atoms with Crippen LogP contribution in [0.3, 0.4) is 0 Å². The summed E-state index contributed by atoms with van der Waals surface area (Å²) < 4.78 is 33.1. The molecule has 0 radical (unpaired) electrons. The summed E-state index contributed by atoms with van der Waals surface area (Å²) in [6.45, 7) is 3.59. The lowest BCUT2D eigenvalue weighted by Gasteiger charge is -2.37. The molecule has 1 unspecified atom stereocenters. The first-order valence-corrected chi connectivity index (χ1v) is 9.12. The second-order valence-corrected chi connectivity index (χ2v) is 7.83. The zero-order valence-electron chi connectivity index (χ0n) is 13.0. The number of sulfonamides is 1. The van der Waals surface area contributed by atoms with Crippen LogP contribution in [0.2, 0.25) is 0 Å². The Kier molecular flexibility index (Phi) is 4.07. The Bertz CT molecular complexity index is 877. The van der Waals surface area contributed by atoms with Crippen molar-refractivity contribution >= 4 is 21.1 Å². The van der Waals surface area contributed by atoms with Crippen LogP contribution in [0.4, 0.5) is 0 Å². The monoisotopic (exact) mass is 340 g/mol. The molecule has 3 rings (SSSR count). The Balaban J connectivity index is 1.92. The molecule has 0 aliphatic heterocycles. The third-order valence-electron chi connectivity index (χ3n) is 4.47. The lowest BCUT2D eigenvalue weighted by atomic mass is 9.77. The van der Waals surface area contributed by atoms with Crippen LogP contribution in [-0.4, -0.2) is 30.7 Å². The minimum absolute atomic E-state index is 0.103. The van der Waals surface area contributed by atoms with Crippen molar-refractivity contribution in [3.05, 3.63) is 28.2 Å². The molecule has 0 bridgehead atoms. The van der Waals surface area contributed by atoms with Crippen LogP contribution in [0.15, 0.2) is 26.2 Å². The van der Waals surface area contributed by atoms with Crippen molar-refractivity contribution in [2.45, 2.75) is 50.2 Å². The van der Waals surface area contributed by atoms with Gasteiger partial charge in [0.15, 0.2) is 5.58 Å². The minimum atomic E-state index is -3.73. The Labute approximate surface area is 133 Å². The largest absolute Gasteiger partial charge is 0.417 e. The lowest BCUT2D eigenvalue weighted by molar-refractivity contribution is 0.0277. The van der Waals surface area contributed by atoms with Crippen molar-refractivity contribution in [2.75, 3.05) is 0 Å². The van der Waals surface area contributed by atoms with Crippen LogP contribution in [0.1, 0.15) is 31.7 Å². The maximum Gasteiger partial charge on any atom is 0.417 e. The first-order valence-electron chi connectivity index (χ1n) is 7.64. The van der Waals surface area contributed by atoms with Gasteiger partial charge in [-0.1, -0.05) is 6.92 Å². The summed E-state index contributed by atoms with van der Waals surface area (Å²) in [5.41, 5.74) is 1.22. The second-order valence-electron chi connectivity index (χ2n) is 6.15. The van der Waals surface area contributed by atoms with Gasteiger partial charge in [-0.15, -0.1) is 0 Å². The Morgan fingerprint density at radius 2 is 2.13 bits per heavy atom. The summed E-state index contributed by atoms with van der Waals surface area (Å²) in [6, 6.07) is 2.74. The second kappa shape index (κ2) is 5.77. The number of benzene rings is 1. The van der Waals surface area contributed by atoms with Gasteiger partial charge in [-0.25, -0.2) is 17.9 Å². The first kappa shape index (κ1) is 16.2. The van der Waals surface area contributed by atoms with E-state index in [1.807, 2.05) is 6.92 Å². The number of aryl methyl sites for hydroxylation is 1. The van der Waals surface area contributed by atoms with Gasteiger partial charge < -0.3 is 9.52 Å². The predicted molar refractivity (Wildman–Crippen MR) is 84.7 cm³/mol. The van der Waals surface area contributed by atoms with Gasteiger partial charge in [0, 0.05) is 12.1 Å². The van der Waals surface area contributed by atoms with Gasteiger partial charge in [0.2, 0.25) is 10.0 Å². The molecule has 7 nitrogen and oxygen atoms in total. The van der Waals surface area contributed by atoms with Crippen molar-refractivity contribution in [2.24, 2.45) is 5.92 Å². The van der Waals surface area contributed by atoms with Gasteiger partial charge in [0.05, 0.1) is 16.5 Å². The number of fused-ring (bicyclic) bond motifs is 1. The number of aliphatic hydroxyl groups is 1. The fourth-order valence-corrected chi connectivity index (χ4v) is 4.74. The molecular formula is C15H20N2O5S. The third-order valence-corrected chi connectivity index (χ3v) is 6.10. The Morgan fingerprint density at radius 1 is 1.43 bits per heavy atom. The van der Waals surface area contributed by atoms with E-state index >= 15 is 0 Å². The highest BCUT2D eigenvalue weighted by Crippen LogP contribution is 2.32. The van der Waals surface area contributed by atoms with E-state index < -0.39 is 15.8 Å². The lowest BCUT2D eigenvalue weighted by Crippen LogP contribution is -2.46. The van der Waals surface area contributed by atoms with E-state index in [4.69, 9.17) is 4.42 Å². The Hall–Kier alpha value is -1.64. The maximum atomic E-state index is 12.7. The molecule has 0 spiro atoms. The molecule has 1 atom stereocenters. The van der Waals surface area contributed by atoms with Crippen LogP contribution in [0.5, 0.6) is 0 Å². The number of H-pyrrole nitrogens is 1. The molecule has 1 saturated carbocycles. The fraction of sp³-hybridized carbons (Fsp3) is 0.533. The molecule has 1 fully saturated rings. The van der Waals surface area contributed by atoms with Crippen molar-refractivity contribution in [3.8, 4) is 0 Å². The zero-order valence-corrected chi connectivity index (χ0v) is 13.8. The standard InChI is InChI=1S/C15H20N2O5S/c1-3-11(9-5-10(18)6-9)17-23(20,21)14-7-13-12(4-8(14)2)16-15(19)22-13/h4,7,9-11,17-18H,3,5-6H2,1-2H3,(H,16,19). The summed E-state index contributed by atoms with van der Waals surface area (Å²) in [5.74, 6) is -0.462. The van der Waals surface area contributed by atoms with Crippen molar-refractivity contribution in [1.82, 2.24) is 9.71 Å².